The average molecular weight is 274 g/mol. The zero-order chi connectivity index (χ0) is 15.1. The van der Waals surface area contributed by atoms with E-state index in [0.717, 1.165) is 24.7 Å². The molecule has 0 radical (unpaired) electrons. The van der Waals surface area contributed by atoms with E-state index in [1.165, 1.54) is 0 Å². The van der Waals surface area contributed by atoms with Gasteiger partial charge < -0.3 is 14.3 Å². The zero-order valence-corrected chi connectivity index (χ0v) is 12.1. The van der Waals surface area contributed by atoms with E-state index in [9.17, 15) is 0 Å². The molecule has 0 unspecified atom stereocenters. The molecule has 0 aromatic heterocycles. The molecule has 0 atom stereocenters. The van der Waals surface area contributed by atoms with Crippen molar-refractivity contribution in [1.29, 1.82) is 0 Å². The molecule has 2 aromatic carbocycles. The Hall–Kier alpha value is -2.29. The first-order valence-electron chi connectivity index (χ1n) is 6.51. The van der Waals surface area contributed by atoms with Crippen LogP contribution in [-0.4, -0.2) is 20.0 Å². The van der Waals surface area contributed by atoms with E-state index in [2.05, 4.69) is 0 Å². The molecule has 0 N–H and O–H groups in total. The number of hydrogen-bond donors (Lipinski definition) is 0. The number of rotatable bonds is 4. The summed E-state index contributed by atoms with van der Waals surface area (Å²) < 4.78 is 10.4. The summed E-state index contributed by atoms with van der Waals surface area (Å²) >= 11 is 0. The summed E-state index contributed by atoms with van der Waals surface area (Å²) in [4.78, 5) is 8.00. The molecule has 0 amide bonds. The third kappa shape index (κ3) is 8.75. The highest BCUT2D eigenvalue weighted by molar-refractivity contribution is 5.21. The van der Waals surface area contributed by atoms with Crippen LogP contribution < -0.4 is 9.47 Å². The van der Waals surface area contributed by atoms with Gasteiger partial charge in [-0.15, -0.1) is 0 Å². The van der Waals surface area contributed by atoms with E-state index in [4.69, 9.17) is 14.3 Å². The monoisotopic (exact) mass is 274 g/mol. The predicted octanol–water partition coefficient (Wildman–Crippen LogP) is 3.99. The lowest BCUT2D eigenvalue weighted by Crippen LogP contribution is -1.89. The summed E-state index contributed by atoms with van der Waals surface area (Å²) in [7, 11) is 0. The van der Waals surface area contributed by atoms with Crippen LogP contribution in [0.3, 0.4) is 0 Å². The minimum atomic E-state index is 0.740. The molecule has 0 heterocycles. The molecule has 0 fully saturated rings. The molecule has 2 rings (SSSR count). The SMILES string of the molecule is C=O.CCOc1ccccc1.CCOc1ccccc1. The molecule has 20 heavy (non-hydrogen) atoms. The molecule has 0 spiro atoms. The molecule has 0 aliphatic rings. The van der Waals surface area contributed by atoms with E-state index in [1.54, 1.807) is 0 Å². The summed E-state index contributed by atoms with van der Waals surface area (Å²) in [5.41, 5.74) is 0. The van der Waals surface area contributed by atoms with Crippen molar-refractivity contribution in [3.05, 3.63) is 60.7 Å². The fraction of sp³-hybridized carbons (Fsp3) is 0.235. The third-order valence-corrected chi connectivity index (χ3v) is 2.11. The highest BCUT2D eigenvalue weighted by atomic mass is 16.5. The molecule has 3 heteroatoms. The quantitative estimate of drug-likeness (QED) is 0.845. The van der Waals surface area contributed by atoms with Crippen molar-refractivity contribution in [2.45, 2.75) is 13.8 Å². The molecule has 2 aromatic rings. The van der Waals surface area contributed by atoms with Gasteiger partial charge >= 0.3 is 0 Å². The van der Waals surface area contributed by atoms with Gasteiger partial charge in [0.2, 0.25) is 0 Å². The van der Waals surface area contributed by atoms with Gasteiger partial charge in [-0.05, 0) is 38.1 Å². The van der Waals surface area contributed by atoms with E-state index in [1.807, 2.05) is 81.3 Å². The second-order valence-electron chi connectivity index (χ2n) is 3.49. The van der Waals surface area contributed by atoms with Gasteiger partial charge in [0.15, 0.2) is 0 Å². The Balaban J connectivity index is 0.000000321. The zero-order valence-electron chi connectivity index (χ0n) is 12.1. The average Bonchev–Trinajstić information content (AvgIpc) is 2.53. The highest BCUT2D eigenvalue weighted by Crippen LogP contribution is 2.07. The molecule has 0 aliphatic carbocycles. The van der Waals surface area contributed by atoms with Gasteiger partial charge in [-0.25, -0.2) is 0 Å². The second kappa shape index (κ2) is 13.1. The number of carbonyl (C=O) groups is 1. The highest BCUT2D eigenvalue weighted by Gasteiger charge is 1.84. The Kier molecular flexibility index (Phi) is 11.6. The molecule has 0 saturated heterocycles. The number of hydrogen-bond acceptors (Lipinski definition) is 3. The Morgan fingerprint density at radius 2 is 1.00 bits per heavy atom. The van der Waals surface area contributed by atoms with Gasteiger partial charge in [0.25, 0.3) is 0 Å². The van der Waals surface area contributed by atoms with Crippen LogP contribution in [0.25, 0.3) is 0 Å². The maximum atomic E-state index is 8.00. The van der Waals surface area contributed by atoms with Crippen LogP contribution in [0.5, 0.6) is 11.5 Å². The smallest absolute Gasteiger partial charge is 0.119 e. The standard InChI is InChI=1S/2C8H10O.CH2O/c2*1-2-9-8-6-4-3-5-7-8;1-2/h2*3-7H,2H2,1H3;1H2. The molecule has 0 saturated carbocycles. The van der Waals surface area contributed by atoms with Crippen LogP contribution in [0.1, 0.15) is 13.8 Å². The summed E-state index contributed by atoms with van der Waals surface area (Å²) in [6.45, 7) is 7.44. The van der Waals surface area contributed by atoms with Gasteiger partial charge in [-0.3, -0.25) is 0 Å². The van der Waals surface area contributed by atoms with Gasteiger partial charge in [0, 0.05) is 0 Å². The molecule has 0 aliphatic heterocycles. The van der Waals surface area contributed by atoms with E-state index in [-0.39, 0.29) is 0 Å². The Labute approximate surface area is 121 Å². The van der Waals surface area contributed by atoms with Crippen molar-refractivity contribution in [1.82, 2.24) is 0 Å². The molecular formula is C17H22O3. The predicted molar refractivity (Wildman–Crippen MR) is 82.3 cm³/mol. The first-order chi connectivity index (χ1) is 9.86. The maximum Gasteiger partial charge on any atom is 0.119 e. The Bertz CT molecular complexity index is 373. The van der Waals surface area contributed by atoms with E-state index in [0.29, 0.717) is 0 Å². The van der Waals surface area contributed by atoms with Crippen molar-refractivity contribution in [3.63, 3.8) is 0 Å². The first-order valence-corrected chi connectivity index (χ1v) is 6.51. The third-order valence-electron chi connectivity index (χ3n) is 2.11. The minimum Gasteiger partial charge on any atom is -0.494 e. The van der Waals surface area contributed by atoms with Gasteiger partial charge in [0.05, 0.1) is 13.2 Å². The number of ether oxygens (including phenoxy) is 2. The number of carbonyl (C=O) groups excluding carboxylic acids is 1. The first kappa shape index (κ1) is 17.7. The van der Waals surface area contributed by atoms with Crippen molar-refractivity contribution < 1.29 is 14.3 Å². The number of benzene rings is 2. The summed E-state index contributed by atoms with van der Waals surface area (Å²) in [6.07, 6.45) is 0. The van der Waals surface area contributed by atoms with Gasteiger partial charge in [0.1, 0.15) is 18.3 Å². The lowest BCUT2D eigenvalue weighted by Gasteiger charge is -1.99. The van der Waals surface area contributed by atoms with Crippen LogP contribution in [0.15, 0.2) is 60.7 Å². The normalized spacial score (nSPS) is 8.30. The van der Waals surface area contributed by atoms with E-state index >= 15 is 0 Å². The maximum absolute atomic E-state index is 8.00. The van der Waals surface area contributed by atoms with Crippen LogP contribution in [0.4, 0.5) is 0 Å². The summed E-state index contributed by atoms with van der Waals surface area (Å²) in [6, 6.07) is 19.6. The van der Waals surface area contributed by atoms with Crippen LogP contribution in [-0.2, 0) is 4.79 Å². The van der Waals surface area contributed by atoms with Gasteiger partial charge in [-0.2, -0.15) is 0 Å². The topological polar surface area (TPSA) is 35.5 Å². The lowest BCUT2D eigenvalue weighted by molar-refractivity contribution is -0.0979. The summed E-state index contributed by atoms with van der Waals surface area (Å²) in [5.74, 6) is 1.89. The molecule has 3 nitrogen and oxygen atoms in total. The van der Waals surface area contributed by atoms with Gasteiger partial charge in [-0.1, -0.05) is 36.4 Å². The van der Waals surface area contributed by atoms with Crippen molar-refractivity contribution in [2.75, 3.05) is 13.2 Å². The molecule has 0 bridgehead atoms. The van der Waals surface area contributed by atoms with Crippen molar-refractivity contribution in [2.24, 2.45) is 0 Å². The van der Waals surface area contributed by atoms with Crippen molar-refractivity contribution >= 4 is 6.79 Å². The number of para-hydroxylation sites is 2. The fourth-order valence-corrected chi connectivity index (χ4v) is 1.37. The summed E-state index contributed by atoms with van der Waals surface area (Å²) in [5, 5.41) is 0. The Morgan fingerprint density at radius 3 is 1.25 bits per heavy atom. The Morgan fingerprint density at radius 1 is 0.700 bits per heavy atom. The lowest BCUT2D eigenvalue weighted by atomic mass is 10.3. The van der Waals surface area contributed by atoms with E-state index < -0.39 is 0 Å². The fourth-order valence-electron chi connectivity index (χ4n) is 1.37. The van der Waals surface area contributed by atoms with Crippen molar-refractivity contribution in [3.8, 4) is 11.5 Å². The molecule has 108 valence electrons. The van der Waals surface area contributed by atoms with Crippen LogP contribution >= 0.6 is 0 Å². The largest absolute Gasteiger partial charge is 0.494 e. The molecular weight excluding hydrogens is 252 g/mol. The second-order valence-corrected chi connectivity index (χ2v) is 3.49. The minimum absolute atomic E-state index is 0.740. The van der Waals surface area contributed by atoms with Crippen LogP contribution in [0, 0.1) is 0 Å². The van der Waals surface area contributed by atoms with Crippen LogP contribution in [0.2, 0.25) is 0 Å².